The minimum Gasteiger partial charge on any atom is -0.456 e. The first-order valence-electron chi connectivity index (χ1n) is 9.39. The summed E-state index contributed by atoms with van der Waals surface area (Å²) in [6, 6.07) is 13.4. The van der Waals surface area contributed by atoms with Crippen LogP contribution in [0.15, 0.2) is 48.5 Å². The maximum absolute atomic E-state index is 12.0. The number of ether oxygens (including phenoxy) is 1. The fraction of sp³-hybridized carbons (Fsp3) is 0.261. The molecule has 0 aliphatic heterocycles. The highest BCUT2D eigenvalue weighted by molar-refractivity contribution is 5.94. The molecule has 2 amide bonds. The standard InChI is InChI=1S/C23H26N2O4/c1-16-13-17(2)23(18(3)14-16)25-21(27)15-29-22(28)11-12-24-20(26)10-9-19-7-5-4-6-8-19/h4-10,13-14H,11-12,15H2,1-3H3,(H,24,26)(H,25,27)/b10-9+. The van der Waals surface area contributed by atoms with E-state index < -0.39 is 11.9 Å². The Hall–Kier alpha value is -3.41. The third-order valence-corrected chi connectivity index (χ3v) is 4.16. The first-order valence-corrected chi connectivity index (χ1v) is 9.39. The highest BCUT2D eigenvalue weighted by atomic mass is 16.5. The monoisotopic (exact) mass is 394 g/mol. The highest BCUT2D eigenvalue weighted by Gasteiger charge is 2.11. The van der Waals surface area contributed by atoms with Crippen molar-refractivity contribution in [1.82, 2.24) is 5.32 Å². The molecule has 2 aromatic rings. The fourth-order valence-corrected chi connectivity index (χ4v) is 2.85. The average Bonchev–Trinajstić information content (AvgIpc) is 2.68. The number of anilines is 1. The van der Waals surface area contributed by atoms with Crippen LogP contribution < -0.4 is 10.6 Å². The van der Waals surface area contributed by atoms with Gasteiger partial charge in [-0.15, -0.1) is 0 Å². The summed E-state index contributed by atoms with van der Waals surface area (Å²) < 4.78 is 4.97. The molecule has 2 rings (SSSR count). The van der Waals surface area contributed by atoms with Crippen LogP contribution in [0.2, 0.25) is 0 Å². The molecule has 0 aliphatic rings. The number of hydrogen-bond acceptors (Lipinski definition) is 4. The van der Waals surface area contributed by atoms with E-state index >= 15 is 0 Å². The van der Waals surface area contributed by atoms with Crippen molar-refractivity contribution in [2.24, 2.45) is 0 Å². The second-order valence-corrected chi connectivity index (χ2v) is 6.77. The number of esters is 1. The molecule has 0 heterocycles. The van der Waals surface area contributed by atoms with Gasteiger partial charge < -0.3 is 15.4 Å². The van der Waals surface area contributed by atoms with Gasteiger partial charge in [0.25, 0.3) is 5.91 Å². The lowest BCUT2D eigenvalue weighted by molar-refractivity contribution is -0.147. The number of aryl methyl sites for hydroxylation is 3. The maximum atomic E-state index is 12.0. The molecule has 2 aromatic carbocycles. The first-order chi connectivity index (χ1) is 13.8. The molecule has 0 fully saturated rings. The van der Waals surface area contributed by atoms with Crippen LogP contribution in [0.5, 0.6) is 0 Å². The number of benzene rings is 2. The lowest BCUT2D eigenvalue weighted by Crippen LogP contribution is -2.26. The quantitative estimate of drug-likeness (QED) is 0.531. The van der Waals surface area contributed by atoms with Gasteiger partial charge in [0.05, 0.1) is 6.42 Å². The number of carbonyl (C=O) groups is 3. The van der Waals surface area contributed by atoms with Gasteiger partial charge in [-0.05, 0) is 43.5 Å². The summed E-state index contributed by atoms with van der Waals surface area (Å²) in [6.07, 6.45) is 3.08. The van der Waals surface area contributed by atoms with Gasteiger partial charge in [0.15, 0.2) is 6.61 Å². The highest BCUT2D eigenvalue weighted by Crippen LogP contribution is 2.21. The zero-order chi connectivity index (χ0) is 21.2. The third kappa shape index (κ3) is 7.62. The van der Waals surface area contributed by atoms with E-state index in [4.69, 9.17) is 4.74 Å². The molecule has 29 heavy (non-hydrogen) atoms. The maximum Gasteiger partial charge on any atom is 0.308 e. The Morgan fingerprint density at radius 2 is 1.66 bits per heavy atom. The van der Waals surface area contributed by atoms with E-state index in [1.54, 1.807) is 6.08 Å². The molecule has 6 heteroatoms. The van der Waals surface area contributed by atoms with Crippen LogP contribution in [-0.2, 0) is 19.1 Å². The van der Waals surface area contributed by atoms with Crippen molar-refractivity contribution in [1.29, 1.82) is 0 Å². The number of hydrogen-bond donors (Lipinski definition) is 2. The molecule has 0 bridgehead atoms. The third-order valence-electron chi connectivity index (χ3n) is 4.16. The minimum atomic E-state index is -0.551. The lowest BCUT2D eigenvalue weighted by Gasteiger charge is -2.13. The van der Waals surface area contributed by atoms with Crippen molar-refractivity contribution >= 4 is 29.5 Å². The molecule has 0 unspecified atom stereocenters. The molecule has 152 valence electrons. The molecule has 0 saturated carbocycles. The van der Waals surface area contributed by atoms with Gasteiger partial charge >= 0.3 is 5.97 Å². The van der Waals surface area contributed by atoms with Crippen LogP contribution in [-0.4, -0.2) is 30.9 Å². The van der Waals surface area contributed by atoms with E-state index in [0.717, 1.165) is 27.9 Å². The number of carbonyl (C=O) groups excluding carboxylic acids is 3. The molecule has 0 aromatic heterocycles. The summed E-state index contributed by atoms with van der Waals surface area (Å²) >= 11 is 0. The Bertz CT molecular complexity index is 881. The lowest BCUT2D eigenvalue weighted by atomic mass is 10.1. The second kappa shape index (κ2) is 10.8. The molecule has 0 atom stereocenters. The van der Waals surface area contributed by atoms with E-state index in [0.29, 0.717) is 0 Å². The van der Waals surface area contributed by atoms with Crippen LogP contribution in [0.1, 0.15) is 28.7 Å². The van der Waals surface area contributed by atoms with E-state index in [1.165, 1.54) is 6.08 Å². The van der Waals surface area contributed by atoms with Crippen LogP contribution in [0.3, 0.4) is 0 Å². The summed E-state index contributed by atoms with van der Waals surface area (Å²) in [4.78, 5) is 35.5. The second-order valence-electron chi connectivity index (χ2n) is 6.77. The van der Waals surface area contributed by atoms with Gasteiger partial charge in [-0.3, -0.25) is 14.4 Å². The molecule has 2 N–H and O–H groups in total. The van der Waals surface area contributed by atoms with Crippen LogP contribution >= 0.6 is 0 Å². The van der Waals surface area contributed by atoms with Gasteiger partial charge in [-0.25, -0.2) is 0 Å². The Balaban J connectivity index is 1.68. The summed E-state index contributed by atoms with van der Waals surface area (Å²) in [7, 11) is 0. The van der Waals surface area contributed by atoms with E-state index in [-0.39, 0.29) is 25.5 Å². The van der Waals surface area contributed by atoms with Gasteiger partial charge in [0.1, 0.15) is 0 Å². The first kappa shape index (κ1) is 21.9. The number of rotatable bonds is 8. The van der Waals surface area contributed by atoms with Gasteiger partial charge in [-0.1, -0.05) is 48.0 Å². The molecule has 0 spiro atoms. The number of nitrogens with one attached hydrogen (secondary N) is 2. The van der Waals surface area contributed by atoms with Crippen LogP contribution in [0.4, 0.5) is 5.69 Å². The fourth-order valence-electron chi connectivity index (χ4n) is 2.85. The van der Waals surface area contributed by atoms with Crippen molar-refractivity contribution in [2.45, 2.75) is 27.2 Å². The molecule has 0 saturated heterocycles. The summed E-state index contributed by atoms with van der Waals surface area (Å²) in [6.45, 7) is 5.58. The van der Waals surface area contributed by atoms with E-state index in [9.17, 15) is 14.4 Å². The number of amides is 2. The SMILES string of the molecule is Cc1cc(C)c(NC(=O)COC(=O)CCNC(=O)/C=C/c2ccccc2)c(C)c1. The zero-order valence-corrected chi connectivity index (χ0v) is 17.0. The molecule has 0 radical (unpaired) electrons. The zero-order valence-electron chi connectivity index (χ0n) is 17.0. The van der Waals surface area contributed by atoms with E-state index in [1.807, 2.05) is 63.2 Å². The average molecular weight is 394 g/mol. The van der Waals surface area contributed by atoms with Crippen molar-refractivity contribution < 1.29 is 19.1 Å². The molecular formula is C23H26N2O4. The summed E-state index contributed by atoms with van der Waals surface area (Å²) in [5.74, 6) is -1.25. The van der Waals surface area contributed by atoms with Crippen LogP contribution in [0.25, 0.3) is 6.08 Å². The largest absolute Gasteiger partial charge is 0.456 e. The Labute approximate surface area is 171 Å². The smallest absolute Gasteiger partial charge is 0.308 e. The van der Waals surface area contributed by atoms with Gasteiger partial charge in [0, 0.05) is 18.3 Å². The van der Waals surface area contributed by atoms with Crippen LogP contribution in [0, 0.1) is 20.8 Å². The molecule has 6 nitrogen and oxygen atoms in total. The predicted octanol–water partition coefficient (Wildman–Crippen LogP) is 3.31. The topological polar surface area (TPSA) is 84.5 Å². The Morgan fingerprint density at radius 1 is 1.00 bits per heavy atom. The summed E-state index contributed by atoms with van der Waals surface area (Å²) in [5, 5.41) is 5.38. The van der Waals surface area contributed by atoms with Crippen molar-refractivity contribution in [3.63, 3.8) is 0 Å². The van der Waals surface area contributed by atoms with Gasteiger partial charge in [0.2, 0.25) is 5.91 Å². The van der Waals surface area contributed by atoms with E-state index in [2.05, 4.69) is 10.6 Å². The van der Waals surface area contributed by atoms with Crippen molar-refractivity contribution in [2.75, 3.05) is 18.5 Å². The summed E-state index contributed by atoms with van der Waals surface area (Å²) in [5.41, 5.74) is 4.66. The van der Waals surface area contributed by atoms with Gasteiger partial charge in [-0.2, -0.15) is 0 Å². The predicted molar refractivity (Wildman–Crippen MR) is 113 cm³/mol. The molecular weight excluding hydrogens is 368 g/mol. The minimum absolute atomic E-state index is 0.0131. The van der Waals surface area contributed by atoms with Crippen molar-refractivity contribution in [3.8, 4) is 0 Å². The Kier molecular flexibility index (Phi) is 8.15. The van der Waals surface area contributed by atoms with Crippen molar-refractivity contribution in [3.05, 3.63) is 70.8 Å². The molecule has 0 aliphatic carbocycles. The Morgan fingerprint density at radius 3 is 2.31 bits per heavy atom. The normalized spacial score (nSPS) is 10.6.